The van der Waals surface area contributed by atoms with Crippen molar-refractivity contribution in [2.75, 3.05) is 12.4 Å². The summed E-state index contributed by atoms with van der Waals surface area (Å²) in [4.78, 5) is 22.9. The summed E-state index contributed by atoms with van der Waals surface area (Å²) in [5.41, 5.74) is 1.65. The molecular weight excluding hydrogens is 308 g/mol. The molecule has 104 valence electrons. The zero-order chi connectivity index (χ0) is 14.4. The molecule has 1 atom stereocenters. The van der Waals surface area contributed by atoms with Crippen molar-refractivity contribution >= 4 is 33.4 Å². The minimum atomic E-state index is -0.210. The zero-order valence-corrected chi connectivity index (χ0v) is 13.0. The van der Waals surface area contributed by atoms with Gasteiger partial charge in [-0.25, -0.2) is 0 Å². The average Bonchev–Trinajstić information content (AvgIpc) is 2.39. The topological polar surface area (TPSA) is 58.2 Å². The molecule has 5 heteroatoms. The van der Waals surface area contributed by atoms with E-state index in [9.17, 15) is 9.59 Å². The predicted octanol–water partition coefficient (Wildman–Crippen LogP) is 2.33. The van der Waals surface area contributed by atoms with Gasteiger partial charge in [0.25, 0.3) is 0 Å². The van der Waals surface area contributed by atoms with Crippen LogP contribution in [0.2, 0.25) is 0 Å². The Balaban J connectivity index is 2.62. The smallest absolute Gasteiger partial charge is 0.238 e. The Morgan fingerprint density at radius 2 is 1.79 bits per heavy atom. The summed E-state index contributed by atoms with van der Waals surface area (Å²) < 4.78 is 0. The highest BCUT2D eigenvalue weighted by Gasteiger charge is 2.18. The number of carbonyl (C=O) groups is 2. The van der Waals surface area contributed by atoms with Crippen molar-refractivity contribution in [2.45, 2.75) is 25.1 Å². The number of anilines is 1. The summed E-state index contributed by atoms with van der Waals surface area (Å²) >= 11 is 3.36. The van der Waals surface area contributed by atoms with Crippen LogP contribution in [0.1, 0.15) is 19.4 Å². The number of likely N-dealkylation sites (N-methyl/N-ethyl adjacent to an activating group) is 1. The van der Waals surface area contributed by atoms with Crippen LogP contribution in [0.5, 0.6) is 0 Å². The SMILES string of the molecule is CNC(=O)Cc1ccc(NC(=O)C(Br)C(C)C)cc1. The summed E-state index contributed by atoms with van der Waals surface area (Å²) in [6, 6.07) is 7.28. The van der Waals surface area contributed by atoms with E-state index in [1.165, 1.54) is 0 Å². The fourth-order valence-corrected chi connectivity index (χ4v) is 1.61. The molecule has 0 aromatic heterocycles. The van der Waals surface area contributed by atoms with E-state index in [1.807, 2.05) is 26.0 Å². The maximum Gasteiger partial charge on any atom is 0.238 e. The second-order valence-electron chi connectivity index (χ2n) is 4.68. The summed E-state index contributed by atoms with van der Waals surface area (Å²) in [5, 5.41) is 5.40. The normalized spacial score (nSPS) is 12.1. The molecule has 0 bridgehead atoms. The second-order valence-corrected chi connectivity index (χ2v) is 5.67. The van der Waals surface area contributed by atoms with Crippen molar-refractivity contribution in [3.05, 3.63) is 29.8 Å². The van der Waals surface area contributed by atoms with E-state index < -0.39 is 0 Å². The molecule has 1 aromatic rings. The summed E-state index contributed by atoms with van der Waals surface area (Å²) in [5.74, 6) is 0.138. The lowest BCUT2D eigenvalue weighted by atomic mass is 10.1. The van der Waals surface area contributed by atoms with E-state index >= 15 is 0 Å². The number of hydrogen-bond acceptors (Lipinski definition) is 2. The molecule has 0 spiro atoms. The van der Waals surface area contributed by atoms with Crippen molar-refractivity contribution in [2.24, 2.45) is 5.92 Å². The van der Waals surface area contributed by atoms with Crippen LogP contribution in [0.25, 0.3) is 0 Å². The van der Waals surface area contributed by atoms with Gasteiger partial charge in [0.05, 0.1) is 11.2 Å². The van der Waals surface area contributed by atoms with Crippen molar-refractivity contribution in [1.29, 1.82) is 0 Å². The van der Waals surface area contributed by atoms with Crippen molar-refractivity contribution < 1.29 is 9.59 Å². The third-order valence-corrected chi connectivity index (χ3v) is 4.17. The summed E-state index contributed by atoms with van der Waals surface area (Å²) in [6.45, 7) is 3.96. The Labute approximate surface area is 122 Å². The average molecular weight is 327 g/mol. The van der Waals surface area contributed by atoms with Crippen molar-refractivity contribution in [3.8, 4) is 0 Å². The van der Waals surface area contributed by atoms with Crippen molar-refractivity contribution in [1.82, 2.24) is 5.32 Å². The van der Waals surface area contributed by atoms with Gasteiger partial charge in [-0.3, -0.25) is 9.59 Å². The van der Waals surface area contributed by atoms with Crippen LogP contribution in [0, 0.1) is 5.92 Å². The fourth-order valence-electron chi connectivity index (χ4n) is 1.49. The van der Waals surface area contributed by atoms with Crippen LogP contribution in [-0.2, 0) is 16.0 Å². The van der Waals surface area contributed by atoms with E-state index in [2.05, 4.69) is 26.6 Å². The third kappa shape index (κ3) is 5.03. The number of rotatable bonds is 5. The number of benzene rings is 1. The second kappa shape index (κ2) is 7.28. The first-order valence-corrected chi connectivity index (χ1v) is 7.10. The first-order valence-electron chi connectivity index (χ1n) is 6.18. The largest absolute Gasteiger partial charge is 0.359 e. The van der Waals surface area contributed by atoms with Crippen LogP contribution in [-0.4, -0.2) is 23.7 Å². The van der Waals surface area contributed by atoms with Crippen LogP contribution in [0.15, 0.2) is 24.3 Å². The molecule has 0 fully saturated rings. The molecular formula is C14H19BrN2O2. The monoisotopic (exact) mass is 326 g/mol. The van der Waals surface area contributed by atoms with Crippen LogP contribution >= 0.6 is 15.9 Å². The van der Waals surface area contributed by atoms with Crippen LogP contribution < -0.4 is 10.6 Å². The van der Waals surface area contributed by atoms with E-state index in [-0.39, 0.29) is 22.6 Å². The number of nitrogens with one attached hydrogen (secondary N) is 2. The third-order valence-electron chi connectivity index (χ3n) is 2.70. The molecule has 4 nitrogen and oxygen atoms in total. The number of carbonyl (C=O) groups excluding carboxylic acids is 2. The Bertz CT molecular complexity index is 443. The molecule has 2 N–H and O–H groups in total. The molecule has 1 rings (SSSR count). The van der Waals surface area contributed by atoms with E-state index in [0.29, 0.717) is 6.42 Å². The Morgan fingerprint density at radius 3 is 2.26 bits per heavy atom. The number of halogens is 1. The number of amides is 2. The Hall–Kier alpha value is -1.36. The minimum absolute atomic E-state index is 0.0304. The molecule has 0 aliphatic carbocycles. The first kappa shape index (κ1) is 15.7. The molecule has 0 radical (unpaired) electrons. The molecule has 19 heavy (non-hydrogen) atoms. The molecule has 1 aromatic carbocycles. The Morgan fingerprint density at radius 1 is 1.21 bits per heavy atom. The molecule has 1 unspecified atom stereocenters. The van der Waals surface area contributed by atoms with Gasteiger partial charge in [0.15, 0.2) is 0 Å². The molecule has 0 saturated heterocycles. The van der Waals surface area contributed by atoms with Gasteiger partial charge in [0.2, 0.25) is 11.8 Å². The van der Waals surface area contributed by atoms with Crippen LogP contribution in [0.3, 0.4) is 0 Å². The highest BCUT2D eigenvalue weighted by atomic mass is 79.9. The van der Waals surface area contributed by atoms with Crippen LogP contribution in [0.4, 0.5) is 5.69 Å². The van der Waals surface area contributed by atoms with Crippen molar-refractivity contribution in [3.63, 3.8) is 0 Å². The number of alkyl halides is 1. The first-order chi connectivity index (χ1) is 8.93. The highest BCUT2D eigenvalue weighted by molar-refractivity contribution is 9.10. The maximum atomic E-state index is 11.8. The zero-order valence-electron chi connectivity index (χ0n) is 11.4. The quantitative estimate of drug-likeness (QED) is 0.816. The lowest BCUT2D eigenvalue weighted by Crippen LogP contribution is -2.27. The van der Waals surface area contributed by atoms with Gasteiger partial charge < -0.3 is 10.6 Å². The van der Waals surface area contributed by atoms with Gasteiger partial charge >= 0.3 is 0 Å². The van der Waals surface area contributed by atoms with Gasteiger partial charge in [-0.1, -0.05) is 41.9 Å². The maximum absolute atomic E-state index is 11.8. The van der Waals surface area contributed by atoms with Gasteiger partial charge in [-0.05, 0) is 23.6 Å². The standard InChI is InChI=1S/C14H19BrN2O2/c1-9(2)13(15)14(19)17-11-6-4-10(5-7-11)8-12(18)16-3/h4-7,9,13H,8H2,1-3H3,(H,16,18)(H,17,19). The van der Waals surface area contributed by atoms with E-state index in [4.69, 9.17) is 0 Å². The molecule has 0 aliphatic rings. The molecule has 2 amide bonds. The Kier molecular flexibility index (Phi) is 6.02. The summed E-state index contributed by atoms with van der Waals surface area (Å²) in [6.07, 6.45) is 0.345. The van der Waals surface area contributed by atoms with E-state index in [0.717, 1.165) is 11.3 Å². The summed E-state index contributed by atoms with van der Waals surface area (Å²) in [7, 11) is 1.61. The highest BCUT2D eigenvalue weighted by Crippen LogP contribution is 2.16. The van der Waals surface area contributed by atoms with E-state index in [1.54, 1.807) is 19.2 Å². The predicted molar refractivity (Wildman–Crippen MR) is 80.4 cm³/mol. The lowest BCUT2D eigenvalue weighted by molar-refractivity contribution is -0.120. The minimum Gasteiger partial charge on any atom is -0.359 e. The van der Waals surface area contributed by atoms with Gasteiger partial charge in [-0.15, -0.1) is 0 Å². The fraction of sp³-hybridized carbons (Fsp3) is 0.429. The van der Waals surface area contributed by atoms with Gasteiger partial charge in [0.1, 0.15) is 0 Å². The van der Waals surface area contributed by atoms with Gasteiger partial charge in [0, 0.05) is 12.7 Å². The van der Waals surface area contributed by atoms with Gasteiger partial charge in [-0.2, -0.15) is 0 Å². The lowest BCUT2D eigenvalue weighted by Gasteiger charge is -2.14. The molecule has 0 heterocycles. The molecule has 0 aliphatic heterocycles. The molecule has 0 saturated carbocycles. The number of hydrogen-bond donors (Lipinski definition) is 2.